The molecule has 0 aliphatic carbocycles. The lowest BCUT2D eigenvalue weighted by atomic mass is 10.1. The number of benzene rings is 1. The molecule has 164 valence electrons. The Morgan fingerprint density at radius 2 is 1.94 bits per heavy atom. The number of ether oxygens (including phenoxy) is 1. The molecule has 4 rings (SSSR count). The van der Waals surface area contributed by atoms with E-state index in [9.17, 15) is 9.59 Å². The molecule has 1 fully saturated rings. The molecular weight excluding hydrogens is 398 g/mol. The van der Waals surface area contributed by atoms with Crippen LogP contribution in [0.1, 0.15) is 18.1 Å². The number of amides is 1. The number of fused-ring (bicyclic) bond motifs is 1. The van der Waals surface area contributed by atoms with Gasteiger partial charge in [-0.1, -0.05) is 0 Å². The van der Waals surface area contributed by atoms with Crippen molar-refractivity contribution in [3.63, 3.8) is 0 Å². The van der Waals surface area contributed by atoms with Gasteiger partial charge in [0.1, 0.15) is 24.0 Å². The SMILES string of the molecule is Cc1c(C)c2ccc(OC(C)C(=O)N3CCN(CCn4cncn4)CC3)cc2oc1=O. The van der Waals surface area contributed by atoms with Crippen LogP contribution in [0, 0.1) is 13.8 Å². The molecule has 3 aromatic rings. The number of rotatable bonds is 6. The lowest BCUT2D eigenvalue weighted by Gasteiger charge is -2.35. The predicted octanol–water partition coefficient (Wildman–Crippen LogP) is 1.61. The van der Waals surface area contributed by atoms with E-state index in [1.165, 1.54) is 6.33 Å². The Kier molecular flexibility index (Phi) is 6.03. The summed E-state index contributed by atoms with van der Waals surface area (Å²) >= 11 is 0. The number of carbonyl (C=O) groups is 1. The molecule has 9 nitrogen and oxygen atoms in total. The Morgan fingerprint density at radius 1 is 1.16 bits per heavy atom. The van der Waals surface area contributed by atoms with Crippen LogP contribution in [0.5, 0.6) is 5.75 Å². The van der Waals surface area contributed by atoms with E-state index < -0.39 is 6.10 Å². The van der Waals surface area contributed by atoms with Crippen molar-refractivity contribution in [2.75, 3.05) is 32.7 Å². The Morgan fingerprint density at radius 3 is 2.65 bits per heavy atom. The van der Waals surface area contributed by atoms with Gasteiger partial charge in [0.15, 0.2) is 6.10 Å². The van der Waals surface area contributed by atoms with Crippen LogP contribution in [0.25, 0.3) is 11.0 Å². The van der Waals surface area contributed by atoms with Crippen molar-refractivity contribution in [1.29, 1.82) is 0 Å². The first-order chi connectivity index (χ1) is 14.9. The second kappa shape index (κ2) is 8.89. The first-order valence-electron chi connectivity index (χ1n) is 10.5. The fourth-order valence-electron chi connectivity index (χ4n) is 3.80. The van der Waals surface area contributed by atoms with Crippen molar-refractivity contribution < 1.29 is 13.9 Å². The average Bonchev–Trinajstić information content (AvgIpc) is 3.29. The molecule has 3 heterocycles. The largest absolute Gasteiger partial charge is 0.481 e. The van der Waals surface area contributed by atoms with Gasteiger partial charge in [-0.2, -0.15) is 5.10 Å². The summed E-state index contributed by atoms with van der Waals surface area (Å²) < 4.78 is 13.1. The average molecular weight is 425 g/mol. The number of hydrogen-bond donors (Lipinski definition) is 0. The summed E-state index contributed by atoms with van der Waals surface area (Å²) in [5.41, 5.74) is 1.60. The maximum absolute atomic E-state index is 12.9. The molecule has 1 saturated heterocycles. The Balaban J connectivity index is 1.33. The van der Waals surface area contributed by atoms with Crippen molar-refractivity contribution in [3.8, 4) is 5.75 Å². The topological polar surface area (TPSA) is 93.7 Å². The molecule has 0 spiro atoms. The first kappa shape index (κ1) is 21.0. The van der Waals surface area contributed by atoms with Crippen LogP contribution >= 0.6 is 0 Å². The number of piperazine rings is 1. The Bertz CT molecular complexity index is 1120. The van der Waals surface area contributed by atoms with Gasteiger partial charge in [-0.25, -0.2) is 9.78 Å². The summed E-state index contributed by atoms with van der Waals surface area (Å²) in [6.07, 6.45) is 2.61. The fraction of sp³-hybridized carbons (Fsp3) is 0.455. The number of nitrogens with zero attached hydrogens (tertiary/aromatic N) is 5. The smallest absolute Gasteiger partial charge is 0.339 e. The quantitative estimate of drug-likeness (QED) is 0.554. The lowest BCUT2D eigenvalue weighted by Crippen LogP contribution is -2.52. The summed E-state index contributed by atoms with van der Waals surface area (Å²) in [6.45, 7) is 10.0. The van der Waals surface area contributed by atoms with Crippen LogP contribution in [-0.2, 0) is 11.3 Å². The van der Waals surface area contributed by atoms with Crippen LogP contribution in [0.2, 0.25) is 0 Å². The van der Waals surface area contributed by atoms with E-state index >= 15 is 0 Å². The third kappa shape index (κ3) is 4.61. The molecule has 9 heteroatoms. The Labute approximate surface area is 180 Å². The summed E-state index contributed by atoms with van der Waals surface area (Å²) in [4.78, 5) is 32.9. The van der Waals surface area contributed by atoms with Crippen LogP contribution < -0.4 is 10.4 Å². The molecule has 0 N–H and O–H groups in total. The summed E-state index contributed by atoms with van der Waals surface area (Å²) in [6, 6.07) is 5.34. The molecule has 0 saturated carbocycles. The monoisotopic (exact) mass is 425 g/mol. The van der Waals surface area contributed by atoms with Gasteiger partial charge in [-0.3, -0.25) is 14.4 Å². The van der Waals surface area contributed by atoms with Gasteiger partial charge in [-0.15, -0.1) is 0 Å². The number of aryl methyl sites for hydroxylation is 1. The molecule has 1 aliphatic heterocycles. The standard InChI is InChI=1S/C22H27N5O4/c1-15-16(2)22(29)31-20-12-18(4-5-19(15)20)30-17(3)21(28)26-9-6-25(7-10-26)8-11-27-14-23-13-24-27/h4-5,12-14,17H,6-11H2,1-3H3. The van der Waals surface area contributed by atoms with Crippen molar-refractivity contribution in [2.24, 2.45) is 0 Å². The van der Waals surface area contributed by atoms with E-state index in [0.717, 1.165) is 37.1 Å². The highest BCUT2D eigenvalue weighted by Gasteiger charge is 2.26. The molecule has 1 unspecified atom stereocenters. The highest BCUT2D eigenvalue weighted by Crippen LogP contribution is 2.24. The molecule has 1 aliphatic rings. The van der Waals surface area contributed by atoms with Crippen LogP contribution in [0.4, 0.5) is 0 Å². The van der Waals surface area contributed by atoms with Gasteiger partial charge in [0, 0.05) is 49.7 Å². The van der Waals surface area contributed by atoms with E-state index in [-0.39, 0.29) is 11.5 Å². The molecule has 0 bridgehead atoms. The minimum absolute atomic E-state index is 0.0439. The van der Waals surface area contributed by atoms with Crippen molar-refractivity contribution in [1.82, 2.24) is 24.6 Å². The van der Waals surface area contributed by atoms with E-state index in [1.54, 1.807) is 32.3 Å². The number of carbonyl (C=O) groups excluding carboxylic acids is 1. The van der Waals surface area contributed by atoms with Crippen LogP contribution in [0.3, 0.4) is 0 Å². The second-order valence-electron chi connectivity index (χ2n) is 7.88. The van der Waals surface area contributed by atoms with Gasteiger partial charge < -0.3 is 14.1 Å². The third-order valence-corrected chi connectivity index (χ3v) is 5.88. The van der Waals surface area contributed by atoms with Gasteiger partial charge >= 0.3 is 5.63 Å². The minimum atomic E-state index is -0.627. The van der Waals surface area contributed by atoms with Crippen molar-refractivity contribution in [3.05, 3.63) is 52.4 Å². The first-order valence-corrected chi connectivity index (χ1v) is 10.5. The van der Waals surface area contributed by atoms with Crippen LogP contribution in [-0.4, -0.2) is 69.3 Å². The number of hydrogen-bond acceptors (Lipinski definition) is 7. The van der Waals surface area contributed by atoms with Gasteiger partial charge in [0.25, 0.3) is 5.91 Å². The maximum atomic E-state index is 12.9. The van der Waals surface area contributed by atoms with E-state index in [2.05, 4.69) is 15.0 Å². The summed E-state index contributed by atoms with van der Waals surface area (Å²) in [5, 5.41) is 4.98. The zero-order valence-electron chi connectivity index (χ0n) is 18.1. The lowest BCUT2D eigenvalue weighted by molar-refractivity contribution is -0.139. The van der Waals surface area contributed by atoms with Gasteiger partial charge in [0.2, 0.25) is 0 Å². The molecule has 1 aromatic carbocycles. The normalized spacial score (nSPS) is 15.9. The summed E-state index contributed by atoms with van der Waals surface area (Å²) in [5.74, 6) is 0.462. The maximum Gasteiger partial charge on any atom is 0.339 e. The summed E-state index contributed by atoms with van der Waals surface area (Å²) in [7, 11) is 0. The van der Waals surface area contributed by atoms with Crippen molar-refractivity contribution in [2.45, 2.75) is 33.4 Å². The molecule has 0 radical (unpaired) electrons. The molecule has 31 heavy (non-hydrogen) atoms. The molecule has 2 aromatic heterocycles. The second-order valence-corrected chi connectivity index (χ2v) is 7.88. The molecule has 1 amide bonds. The molecule has 1 atom stereocenters. The third-order valence-electron chi connectivity index (χ3n) is 5.88. The van der Waals surface area contributed by atoms with Gasteiger partial charge in [0.05, 0.1) is 6.54 Å². The predicted molar refractivity (Wildman–Crippen MR) is 115 cm³/mol. The zero-order valence-corrected chi connectivity index (χ0v) is 18.1. The highest BCUT2D eigenvalue weighted by atomic mass is 16.5. The van der Waals surface area contributed by atoms with E-state index in [0.29, 0.717) is 30.0 Å². The zero-order chi connectivity index (χ0) is 22.0. The minimum Gasteiger partial charge on any atom is -0.481 e. The van der Waals surface area contributed by atoms with Crippen molar-refractivity contribution >= 4 is 16.9 Å². The molecular formula is C22H27N5O4. The number of aromatic nitrogens is 3. The Hall–Kier alpha value is -3.20. The fourth-order valence-corrected chi connectivity index (χ4v) is 3.80. The van der Waals surface area contributed by atoms with Crippen LogP contribution in [0.15, 0.2) is 40.1 Å². The van der Waals surface area contributed by atoms with E-state index in [1.807, 2.05) is 22.6 Å². The van der Waals surface area contributed by atoms with Gasteiger partial charge in [-0.05, 0) is 38.5 Å². The highest BCUT2D eigenvalue weighted by molar-refractivity contribution is 5.83. The van der Waals surface area contributed by atoms with E-state index in [4.69, 9.17) is 9.15 Å².